The molecule has 0 saturated heterocycles. The van der Waals surface area contributed by atoms with Crippen molar-refractivity contribution in [3.63, 3.8) is 0 Å². The van der Waals surface area contributed by atoms with Crippen molar-refractivity contribution >= 4 is 5.91 Å². The van der Waals surface area contributed by atoms with Crippen molar-refractivity contribution in [1.82, 2.24) is 5.32 Å². The molecule has 1 aliphatic carbocycles. The summed E-state index contributed by atoms with van der Waals surface area (Å²) < 4.78 is 10.4. The normalized spacial score (nSPS) is 15.6. The maximum Gasteiger partial charge on any atom is 0.224 e. The van der Waals surface area contributed by atoms with E-state index in [2.05, 4.69) is 5.32 Å². The Morgan fingerprint density at radius 1 is 1.40 bits per heavy atom. The molecular formula is C15H21NO4. The van der Waals surface area contributed by atoms with E-state index in [1.807, 2.05) is 6.07 Å². The molecule has 0 heterocycles. The molecule has 5 nitrogen and oxygen atoms in total. The minimum atomic E-state index is -0.420. The summed E-state index contributed by atoms with van der Waals surface area (Å²) in [6, 6.07) is 5.36. The molecule has 0 spiro atoms. The summed E-state index contributed by atoms with van der Waals surface area (Å²) in [7, 11) is 3.15. The van der Waals surface area contributed by atoms with Crippen LogP contribution in [0.4, 0.5) is 0 Å². The molecule has 0 aromatic heterocycles. The van der Waals surface area contributed by atoms with Crippen LogP contribution in [0.25, 0.3) is 0 Å². The van der Waals surface area contributed by atoms with Gasteiger partial charge in [-0.1, -0.05) is 6.07 Å². The number of methoxy groups -OCH3 is 2. The summed E-state index contributed by atoms with van der Waals surface area (Å²) in [6.07, 6.45) is 1.92. The Hall–Kier alpha value is -1.75. The highest BCUT2D eigenvalue weighted by atomic mass is 16.5. The summed E-state index contributed by atoms with van der Waals surface area (Å²) >= 11 is 0. The van der Waals surface area contributed by atoms with Gasteiger partial charge in [0.25, 0.3) is 0 Å². The Labute approximate surface area is 118 Å². The fourth-order valence-electron chi connectivity index (χ4n) is 2.10. The van der Waals surface area contributed by atoms with Crippen LogP contribution in [0.3, 0.4) is 0 Å². The fraction of sp³-hybridized carbons (Fsp3) is 0.533. The van der Waals surface area contributed by atoms with E-state index in [4.69, 9.17) is 9.47 Å². The molecule has 20 heavy (non-hydrogen) atoms. The van der Waals surface area contributed by atoms with Gasteiger partial charge in [0.05, 0.1) is 26.7 Å². The van der Waals surface area contributed by atoms with Gasteiger partial charge in [-0.2, -0.15) is 0 Å². The number of aliphatic hydroxyl groups excluding tert-OH is 1. The van der Waals surface area contributed by atoms with Crippen molar-refractivity contribution < 1.29 is 19.4 Å². The largest absolute Gasteiger partial charge is 0.497 e. The first-order valence-electron chi connectivity index (χ1n) is 6.79. The van der Waals surface area contributed by atoms with Crippen LogP contribution >= 0.6 is 0 Å². The van der Waals surface area contributed by atoms with E-state index in [1.165, 1.54) is 0 Å². The molecule has 1 amide bonds. The average molecular weight is 279 g/mol. The monoisotopic (exact) mass is 279 g/mol. The summed E-state index contributed by atoms with van der Waals surface area (Å²) in [5.41, 5.74) is 0.798. The first-order valence-corrected chi connectivity index (χ1v) is 6.79. The zero-order chi connectivity index (χ0) is 14.5. The average Bonchev–Trinajstić information content (AvgIpc) is 3.29. The standard InChI is InChI=1S/C15H21NO4/c1-19-12-6-5-11(14(8-12)20-2)7-15(18)16-9-13(17)10-3-4-10/h5-6,8,10,13,17H,3-4,7,9H2,1-2H3,(H,16,18). The van der Waals surface area contributed by atoms with Gasteiger partial charge in [-0.3, -0.25) is 4.79 Å². The van der Waals surface area contributed by atoms with E-state index in [9.17, 15) is 9.90 Å². The molecule has 5 heteroatoms. The molecule has 1 fully saturated rings. The van der Waals surface area contributed by atoms with Gasteiger partial charge in [0.1, 0.15) is 11.5 Å². The Bertz CT molecular complexity index is 471. The lowest BCUT2D eigenvalue weighted by molar-refractivity contribution is -0.121. The number of hydrogen-bond acceptors (Lipinski definition) is 4. The number of ether oxygens (including phenoxy) is 2. The Kier molecular flexibility index (Phi) is 4.84. The molecule has 1 aromatic rings. The molecule has 0 radical (unpaired) electrons. The lowest BCUT2D eigenvalue weighted by Crippen LogP contribution is -2.34. The Morgan fingerprint density at radius 2 is 2.15 bits per heavy atom. The Balaban J connectivity index is 1.89. The third-order valence-corrected chi connectivity index (χ3v) is 3.52. The first-order chi connectivity index (χ1) is 9.63. The summed E-state index contributed by atoms with van der Waals surface area (Å²) in [5.74, 6) is 1.57. The third kappa shape index (κ3) is 3.87. The van der Waals surface area contributed by atoms with Gasteiger partial charge in [0.15, 0.2) is 0 Å². The second-order valence-electron chi connectivity index (χ2n) is 5.06. The smallest absolute Gasteiger partial charge is 0.224 e. The SMILES string of the molecule is COc1ccc(CC(=O)NCC(O)C2CC2)c(OC)c1. The number of nitrogens with one attached hydrogen (secondary N) is 1. The van der Waals surface area contributed by atoms with Crippen molar-refractivity contribution in [2.75, 3.05) is 20.8 Å². The van der Waals surface area contributed by atoms with Crippen molar-refractivity contribution in [2.24, 2.45) is 5.92 Å². The van der Waals surface area contributed by atoms with E-state index in [0.717, 1.165) is 18.4 Å². The van der Waals surface area contributed by atoms with Gasteiger partial charge in [0.2, 0.25) is 5.91 Å². The highest BCUT2D eigenvalue weighted by molar-refractivity contribution is 5.79. The van der Waals surface area contributed by atoms with Crippen LogP contribution in [0.2, 0.25) is 0 Å². The third-order valence-electron chi connectivity index (χ3n) is 3.52. The molecule has 1 saturated carbocycles. The molecule has 2 N–H and O–H groups in total. The number of aliphatic hydroxyl groups is 1. The van der Waals surface area contributed by atoms with E-state index >= 15 is 0 Å². The number of carbonyl (C=O) groups is 1. The molecule has 1 unspecified atom stereocenters. The van der Waals surface area contributed by atoms with Crippen LogP contribution in [-0.4, -0.2) is 37.9 Å². The number of carbonyl (C=O) groups excluding carboxylic acids is 1. The van der Waals surface area contributed by atoms with Crippen molar-refractivity contribution in [1.29, 1.82) is 0 Å². The molecular weight excluding hydrogens is 258 g/mol. The van der Waals surface area contributed by atoms with Crippen LogP contribution in [0.1, 0.15) is 18.4 Å². The van der Waals surface area contributed by atoms with Crippen molar-refractivity contribution in [2.45, 2.75) is 25.4 Å². The highest BCUT2D eigenvalue weighted by Crippen LogP contribution is 2.32. The van der Waals surface area contributed by atoms with Crippen LogP contribution in [0, 0.1) is 5.92 Å². The zero-order valence-corrected chi connectivity index (χ0v) is 11.9. The van der Waals surface area contributed by atoms with Gasteiger partial charge in [0, 0.05) is 18.2 Å². The minimum Gasteiger partial charge on any atom is -0.497 e. The molecule has 1 aliphatic rings. The number of amides is 1. The van der Waals surface area contributed by atoms with Gasteiger partial charge in [-0.05, 0) is 24.8 Å². The van der Waals surface area contributed by atoms with Crippen molar-refractivity contribution in [3.8, 4) is 11.5 Å². The van der Waals surface area contributed by atoms with Gasteiger partial charge < -0.3 is 19.9 Å². The van der Waals surface area contributed by atoms with E-state index in [1.54, 1.807) is 26.4 Å². The van der Waals surface area contributed by atoms with Crippen LogP contribution in [0.15, 0.2) is 18.2 Å². The van der Waals surface area contributed by atoms with Gasteiger partial charge in [-0.25, -0.2) is 0 Å². The predicted molar refractivity (Wildman–Crippen MR) is 75.0 cm³/mol. The van der Waals surface area contributed by atoms with Crippen LogP contribution in [-0.2, 0) is 11.2 Å². The topological polar surface area (TPSA) is 67.8 Å². The Morgan fingerprint density at radius 3 is 2.75 bits per heavy atom. The lowest BCUT2D eigenvalue weighted by Gasteiger charge is -2.12. The highest BCUT2D eigenvalue weighted by Gasteiger charge is 2.29. The van der Waals surface area contributed by atoms with Crippen molar-refractivity contribution in [3.05, 3.63) is 23.8 Å². The summed E-state index contributed by atoms with van der Waals surface area (Å²) in [5, 5.41) is 12.5. The number of rotatable bonds is 7. The minimum absolute atomic E-state index is 0.117. The second-order valence-corrected chi connectivity index (χ2v) is 5.06. The van der Waals surface area contributed by atoms with E-state index in [0.29, 0.717) is 24.0 Å². The van der Waals surface area contributed by atoms with E-state index in [-0.39, 0.29) is 12.3 Å². The van der Waals surface area contributed by atoms with Gasteiger partial charge in [-0.15, -0.1) is 0 Å². The first kappa shape index (κ1) is 14.7. The van der Waals surface area contributed by atoms with Crippen LogP contribution < -0.4 is 14.8 Å². The van der Waals surface area contributed by atoms with E-state index < -0.39 is 6.10 Å². The maximum atomic E-state index is 11.9. The molecule has 2 rings (SSSR count). The quantitative estimate of drug-likeness (QED) is 0.785. The van der Waals surface area contributed by atoms with Crippen LogP contribution in [0.5, 0.6) is 11.5 Å². The maximum absolute atomic E-state index is 11.9. The zero-order valence-electron chi connectivity index (χ0n) is 11.9. The molecule has 0 bridgehead atoms. The summed E-state index contributed by atoms with van der Waals surface area (Å²) in [4.78, 5) is 11.9. The molecule has 0 aliphatic heterocycles. The molecule has 110 valence electrons. The number of hydrogen-bond donors (Lipinski definition) is 2. The lowest BCUT2D eigenvalue weighted by atomic mass is 10.1. The summed E-state index contributed by atoms with van der Waals surface area (Å²) in [6.45, 7) is 0.321. The number of benzene rings is 1. The predicted octanol–water partition coefficient (Wildman–Crippen LogP) is 1.13. The second kappa shape index (κ2) is 6.61. The molecule has 1 atom stereocenters. The van der Waals surface area contributed by atoms with Gasteiger partial charge >= 0.3 is 0 Å². The fourth-order valence-corrected chi connectivity index (χ4v) is 2.10. The molecule has 1 aromatic carbocycles.